The summed E-state index contributed by atoms with van der Waals surface area (Å²) in [6.45, 7) is 0. The molecule has 0 aliphatic rings. The molecule has 0 saturated carbocycles. The Kier molecular flexibility index (Phi) is 3.36. The lowest BCUT2D eigenvalue weighted by Gasteiger charge is -2.00. The van der Waals surface area contributed by atoms with Crippen LogP contribution in [0.2, 0.25) is 5.02 Å². The van der Waals surface area contributed by atoms with E-state index in [-0.39, 0.29) is 0 Å². The molecular formula is C10H7ClO2. The molecule has 0 unspecified atom stereocenters. The molecule has 0 aliphatic carbocycles. The van der Waals surface area contributed by atoms with Gasteiger partial charge in [0.25, 0.3) is 0 Å². The van der Waals surface area contributed by atoms with E-state index in [9.17, 15) is 4.79 Å². The van der Waals surface area contributed by atoms with Crippen LogP contribution in [0.4, 0.5) is 0 Å². The van der Waals surface area contributed by atoms with E-state index in [1.54, 1.807) is 25.3 Å². The summed E-state index contributed by atoms with van der Waals surface area (Å²) >= 11 is 5.77. The number of carbonyl (C=O) groups excluding carboxylic acids is 1. The third kappa shape index (κ3) is 2.81. The summed E-state index contributed by atoms with van der Waals surface area (Å²) in [5, 5.41) is 0.537. The fourth-order valence-corrected chi connectivity index (χ4v) is 1.09. The van der Waals surface area contributed by atoms with E-state index in [4.69, 9.17) is 16.3 Å². The SMILES string of the molecule is COc1cc(Cl)cc(C#CC=O)c1. The molecule has 1 aromatic carbocycles. The summed E-state index contributed by atoms with van der Waals surface area (Å²) in [7, 11) is 1.54. The van der Waals surface area contributed by atoms with Crippen molar-refractivity contribution in [3.63, 3.8) is 0 Å². The van der Waals surface area contributed by atoms with Crippen LogP contribution in [0, 0.1) is 11.8 Å². The van der Waals surface area contributed by atoms with E-state index in [0.717, 1.165) is 0 Å². The molecule has 0 amide bonds. The van der Waals surface area contributed by atoms with Crippen LogP contribution in [-0.2, 0) is 4.79 Å². The Hall–Kier alpha value is -1.46. The molecule has 0 fully saturated rings. The Morgan fingerprint density at radius 3 is 2.85 bits per heavy atom. The molecule has 13 heavy (non-hydrogen) atoms. The third-order valence-corrected chi connectivity index (χ3v) is 1.60. The average Bonchev–Trinajstić information content (AvgIpc) is 2.14. The monoisotopic (exact) mass is 194 g/mol. The van der Waals surface area contributed by atoms with Gasteiger partial charge in [-0.3, -0.25) is 4.79 Å². The fourth-order valence-electron chi connectivity index (χ4n) is 0.866. The van der Waals surface area contributed by atoms with Crippen LogP contribution >= 0.6 is 11.6 Å². The van der Waals surface area contributed by atoms with Crippen LogP contribution in [0.25, 0.3) is 0 Å². The van der Waals surface area contributed by atoms with Crippen LogP contribution in [0.1, 0.15) is 5.56 Å². The Labute approximate surface area is 81.5 Å². The standard InChI is InChI=1S/C10H7ClO2/c1-13-10-6-8(3-2-4-12)5-9(11)7-10/h4-7H,1H3. The fraction of sp³-hybridized carbons (Fsp3) is 0.100. The van der Waals surface area contributed by atoms with Gasteiger partial charge in [-0.05, 0) is 24.1 Å². The second-order valence-corrected chi connectivity index (χ2v) is 2.70. The Balaban J connectivity index is 3.08. The minimum atomic E-state index is 0.535. The van der Waals surface area contributed by atoms with E-state index < -0.39 is 0 Å². The molecule has 0 aliphatic heterocycles. The minimum absolute atomic E-state index is 0.535. The zero-order valence-electron chi connectivity index (χ0n) is 7.00. The molecule has 0 saturated heterocycles. The number of aldehydes is 1. The first kappa shape index (κ1) is 9.63. The van der Waals surface area contributed by atoms with Crippen molar-refractivity contribution in [1.29, 1.82) is 0 Å². The second kappa shape index (κ2) is 4.54. The van der Waals surface area contributed by atoms with Crippen LogP contribution in [0.3, 0.4) is 0 Å². The van der Waals surface area contributed by atoms with Gasteiger partial charge in [0, 0.05) is 10.6 Å². The lowest BCUT2D eigenvalue weighted by molar-refractivity contribution is -0.103. The zero-order valence-corrected chi connectivity index (χ0v) is 7.76. The van der Waals surface area contributed by atoms with Gasteiger partial charge in [0.05, 0.1) is 7.11 Å². The minimum Gasteiger partial charge on any atom is -0.497 e. The number of hydrogen-bond acceptors (Lipinski definition) is 2. The van der Waals surface area contributed by atoms with Crippen LogP contribution in [-0.4, -0.2) is 13.4 Å². The molecule has 0 atom stereocenters. The summed E-state index contributed by atoms with van der Waals surface area (Å²) < 4.78 is 4.98. The first-order chi connectivity index (χ1) is 6.26. The molecular weight excluding hydrogens is 188 g/mol. The predicted molar refractivity (Wildman–Crippen MR) is 50.9 cm³/mol. The Morgan fingerprint density at radius 1 is 1.46 bits per heavy atom. The zero-order chi connectivity index (χ0) is 9.68. The maximum absolute atomic E-state index is 9.98. The molecule has 3 heteroatoms. The second-order valence-electron chi connectivity index (χ2n) is 2.27. The van der Waals surface area contributed by atoms with Gasteiger partial charge in [0.1, 0.15) is 5.75 Å². The average molecular weight is 195 g/mol. The predicted octanol–water partition coefficient (Wildman–Crippen LogP) is 1.90. The lowest BCUT2D eigenvalue weighted by atomic mass is 10.2. The number of benzene rings is 1. The normalized spacial score (nSPS) is 8.46. The van der Waals surface area contributed by atoms with Gasteiger partial charge in [-0.25, -0.2) is 0 Å². The number of halogens is 1. The van der Waals surface area contributed by atoms with Gasteiger partial charge in [-0.15, -0.1) is 0 Å². The first-order valence-electron chi connectivity index (χ1n) is 3.56. The molecule has 0 N–H and O–H groups in total. The Morgan fingerprint density at radius 2 is 2.23 bits per heavy atom. The van der Waals surface area contributed by atoms with E-state index in [1.165, 1.54) is 0 Å². The largest absolute Gasteiger partial charge is 0.497 e. The maximum atomic E-state index is 9.98. The highest BCUT2D eigenvalue weighted by Gasteiger charge is 1.96. The van der Waals surface area contributed by atoms with E-state index in [2.05, 4.69) is 11.8 Å². The molecule has 0 heterocycles. The van der Waals surface area contributed by atoms with Crippen LogP contribution in [0.15, 0.2) is 18.2 Å². The molecule has 1 aromatic rings. The highest BCUT2D eigenvalue weighted by atomic mass is 35.5. The number of carbonyl (C=O) groups is 1. The summed E-state index contributed by atoms with van der Waals surface area (Å²) in [6, 6.07) is 5.05. The van der Waals surface area contributed by atoms with Crippen molar-refractivity contribution in [3.8, 4) is 17.6 Å². The molecule has 0 bridgehead atoms. The van der Waals surface area contributed by atoms with Crippen molar-refractivity contribution in [3.05, 3.63) is 28.8 Å². The molecule has 0 radical (unpaired) electrons. The molecule has 1 rings (SSSR count). The van der Waals surface area contributed by atoms with Crippen molar-refractivity contribution < 1.29 is 9.53 Å². The lowest BCUT2D eigenvalue weighted by Crippen LogP contribution is -1.84. The van der Waals surface area contributed by atoms with E-state index in [0.29, 0.717) is 22.6 Å². The molecule has 66 valence electrons. The molecule has 2 nitrogen and oxygen atoms in total. The summed E-state index contributed by atoms with van der Waals surface area (Å²) in [5.41, 5.74) is 0.663. The smallest absolute Gasteiger partial charge is 0.193 e. The molecule has 0 spiro atoms. The third-order valence-electron chi connectivity index (χ3n) is 1.38. The van der Waals surface area contributed by atoms with Crippen LogP contribution in [0.5, 0.6) is 5.75 Å². The van der Waals surface area contributed by atoms with Crippen molar-refractivity contribution in [2.24, 2.45) is 0 Å². The highest BCUT2D eigenvalue weighted by Crippen LogP contribution is 2.19. The summed E-state index contributed by atoms with van der Waals surface area (Å²) in [4.78, 5) is 9.98. The number of hydrogen-bond donors (Lipinski definition) is 0. The summed E-state index contributed by atoms with van der Waals surface area (Å²) in [5.74, 6) is 5.55. The van der Waals surface area contributed by atoms with Gasteiger partial charge in [-0.2, -0.15) is 0 Å². The number of methoxy groups -OCH3 is 1. The van der Waals surface area contributed by atoms with Gasteiger partial charge >= 0.3 is 0 Å². The van der Waals surface area contributed by atoms with Crippen molar-refractivity contribution >= 4 is 17.9 Å². The number of ether oxygens (including phenoxy) is 1. The quantitative estimate of drug-likeness (QED) is 0.504. The van der Waals surface area contributed by atoms with Crippen molar-refractivity contribution in [1.82, 2.24) is 0 Å². The Bertz CT molecular complexity index is 374. The van der Waals surface area contributed by atoms with E-state index >= 15 is 0 Å². The van der Waals surface area contributed by atoms with Crippen molar-refractivity contribution in [2.45, 2.75) is 0 Å². The van der Waals surface area contributed by atoms with Crippen LogP contribution < -0.4 is 4.74 Å². The number of rotatable bonds is 1. The summed E-state index contributed by atoms with van der Waals surface area (Å²) in [6.07, 6.45) is 0.535. The van der Waals surface area contributed by atoms with Gasteiger partial charge < -0.3 is 4.74 Å². The van der Waals surface area contributed by atoms with Crippen molar-refractivity contribution in [2.75, 3.05) is 7.11 Å². The first-order valence-corrected chi connectivity index (χ1v) is 3.94. The molecule has 0 aromatic heterocycles. The highest BCUT2D eigenvalue weighted by molar-refractivity contribution is 6.30. The van der Waals surface area contributed by atoms with Gasteiger partial charge in [0.15, 0.2) is 6.29 Å². The van der Waals surface area contributed by atoms with Gasteiger partial charge in [-0.1, -0.05) is 17.5 Å². The maximum Gasteiger partial charge on any atom is 0.193 e. The topological polar surface area (TPSA) is 26.3 Å². The van der Waals surface area contributed by atoms with Gasteiger partial charge in [0.2, 0.25) is 0 Å². The van der Waals surface area contributed by atoms with E-state index in [1.807, 2.05) is 0 Å².